The molecule has 0 radical (unpaired) electrons. The van der Waals surface area contributed by atoms with Crippen LogP contribution in [-0.4, -0.2) is 5.11 Å². The highest BCUT2D eigenvalue weighted by molar-refractivity contribution is 9.10. The number of aliphatic hydroxyl groups is 1. The lowest BCUT2D eigenvalue weighted by atomic mass is 10.2. The number of halogens is 2. The molecule has 0 unspecified atom stereocenters. The maximum Gasteiger partial charge on any atom is 0.0774 e. The highest BCUT2D eigenvalue weighted by atomic mass is 79.9. The fourth-order valence-corrected chi connectivity index (χ4v) is 3.77. The number of rotatable bonds is 2. The molecule has 0 aliphatic heterocycles. The van der Waals surface area contributed by atoms with Crippen molar-refractivity contribution in [1.82, 2.24) is 0 Å². The van der Waals surface area contributed by atoms with Crippen LogP contribution in [0.5, 0.6) is 0 Å². The summed E-state index contributed by atoms with van der Waals surface area (Å²) in [5, 5.41) is 11.1. The summed E-state index contributed by atoms with van der Waals surface area (Å²) in [6.07, 6.45) is 0. The number of thiophene rings is 1. The van der Waals surface area contributed by atoms with Crippen LogP contribution in [0.2, 0.25) is 0 Å². The number of fused-ring (bicyclic) bond motifs is 1. The SMILES string of the molecule is OCc1cc2cc(CBr)c(Br)cc2s1. The molecule has 74 valence electrons. The average molecular weight is 336 g/mol. The van der Waals surface area contributed by atoms with Crippen molar-refractivity contribution in [2.24, 2.45) is 0 Å². The third-order valence-electron chi connectivity index (χ3n) is 2.04. The molecule has 14 heavy (non-hydrogen) atoms. The van der Waals surface area contributed by atoms with Crippen molar-refractivity contribution in [3.05, 3.63) is 33.1 Å². The smallest absolute Gasteiger partial charge is 0.0774 e. The van der Waals surface area contributed by atoms with Crippen LogP contribution in [0.15, 0.2) is 22.7 Å². The third kappa shape index (κ3) is 1.89. The fraction of sp³-hybridized carbons (Fsp3) is 0.200. The quantitative estimate of drug-likeness (QED) is 0.821. The summed E-state index contributed by atoms with van der Waals surface area (Å²) in [6, 6.07) is 6.29. The van der Waals surface area contributed by atoms with E-state index in [0.29, 0.717) is 0 Å². The van der Waals surface area contributed by atoms with Gasteiger partial charge in [-0.1, -0.05) is 31.9 Å². The Balaban J connectivity index is 2.64. The summed E-state index contributed by atoms with van der Waals surface area (Å²) >= 11 is 8.60. The van der Waals surface area contributed by atoms with Crippen molar-refractivity contribution < 1.29 is 5.11 Å². The predicted molar refractivity (Wildman–Crippen MR) is 68.1 cm³/mol. The molecule has 4 heteroatoms. The predicted octanol–water partition coefficient (Wildman–Crippen LogP) is 4.05. The van der Waals surface area contributed by atoms with E-state index in [1.807, 2.05) is 6.07 Å². The molecule has 0 aliphatic rings. The molecular formula is C10H8Br2OS. The van der Waals surface area contributed by atoms with Gasteiger partial charge in [0.1, 0.15) is 0 Å². The van der Waals surface area contributed by atoms with Crippen LogP contribution in [0, 0.1) is 0 Å². The van der Waals surface area contributed by atoms with Crippen molar-refractivity contribution in [3.8, 4) is 0 Å². The first-order valence-corrected chi connectivity index (χ1v) is 6.85. The number of hydrogen-bond donors (Lipinski definition) is 1. The van der Waals surface area contributed by atoms with Gasteiger partial charge in [-0.25, -0.2) is 0 Å². The van der Waals surface area contributed by atoms with E-state index in [2.05, 4.69) is 44.0 Å². The summed E-state index contributed by atoms with van der Waals surface area (Å²) in [5.74, 6) is 0. The number of alkyl halides is 1. The van der Waals surface area contributed by atoms with Gasteiger partial charge in [0, 0.05) is 19.4 Å². The van der Waals surface area contributed by atoms with Crippen LogP contribution >= 0.6 is 43.2 Å². The largest absolute Gasteiger partial charge is 0.391 e. The number of hydrogen-bond acceptors (Lipinski definition) is 2. The molecule has 0 atom stereocenters. The van der Waals surface area contributed by atoms with E-state index in [1.54, 1.807) is 11.3 Å². The molecule has 1 aromatic heterocycles. The second-order valence-corrected chi connectivity index (χ2v) is 5.57. The fourth-order valence-electron chi connectivity index (χ4n) is 1.34. The van der Waals surface area contributed by atoms with E-state index >= 15 is 0 Å². The maximum atomic E-state index is 9.02. The monoisotopic (exact) mass is 334 g/mol. The van der Waals surface area contributed by atoms with Gasteiger partial charge in [-0.3, -0.25) is 0 Å². The highest BCUT2D eigenvalue weighted by Crippen LogP contribution is 2.31. The molecule has 1 aromatic carbocycles. The van der Waals surface area contributed by atoms with E-state index in [-0.39, 0.29) is 6.61 Å². The zero-order valence-corrected chi connectivity index (χ0v) is 11.2. The van der Waals surface area contributed by atoms with Crippen LogP contribution in [0.3, 0.4) is 0 Å². The van der Waals surface area contributed by atoms with E-state index in [9.17, 15) is 0 Å². The lowest BCUT2D eigenvalue weighted by molar-refractivity contribution is 0.285. The zero-order valence-electron chi connectivity index (χ0n) is 7.26. The molecule has 0 spiro atoms. The third-order valence-corrected chi connectivity index (χ3v) is 4.46. The zero-order chi connectivity index (χ0) is 10.1. The molecular weight excluding hydrogens is 328 g/mol. The van der Waals surface area contributed by atoms with Gasteiger partial charge in [0.25, 0.3) is 0 Å². The molecule has 0 aliphatic carbocycles. The molecule has 2 rings (SSSR count). The van der Waals surface area contributed by atoms with Gasteiger partial charge in [-0.05, 0) is 29.1 Å². The minimum atomic E-state index is 0.126. The van der Waals surface area contributed by atoms with Crippen molar-refractivity contribution >= 4 is 53.3 Å². The first-order chi connectivity index (χ1) is 6.74. The molecule has 0 fully saturated rings. The molecule has 0 amide bonds. The second-order valence-electron chi connectivity index (χ2n) is 2.99. The second kappa shape index (κ2) is 4.31. The topological polar surface area (TPSA) is 20.2 Å². The van der Waals surface area contributed by atoms with E-state index in [4.69, 9.17) is 5.11 Å². The molecule has 1 heterocycles. The van der Waals surface area contributed by atoms with Gasteiger partial charge in [0.05, 0.1) is 6.61 Å². The summed E-state index contributed by atoms with van der Waals surface area (Å²) < 4.78 is 2.33. The minimum absolute atomic E-state index is 0.126. The Labute approximate surface area is 103 Å². The molecule has 1 N–H and O–H groups in total. The van der Waals surface area contributed by atoms with Gasteiger partial charge in [0.15, 0.2) is 0 Å². The molecule has 0 saturated carbocycles. The van der Waals surface area contributed by atoms with Crippen molar-refractivity contribution in [1.29, 1.82) is 0 Å². The standard InChI is InChI=1S/C10H8Br2OS/c11-4-7-1-6-2-8(5-13)14-10(6)3-9(7)12/h1-3,13H,4-5H2. The summed E-state index contributed by atoms with van der Waals surface area (Å²) in [5.41, 5.74) is 1.24. The summed E-state index contributed by atoms with van der Waals surface area (Å²) in [4.78, 5) is 1.01. The molecule has 2 aromatic rings. The summed E-state index contributed by atoms with van der Waals surface area (Å²) in [7, 11) is 0. The average Bonchev–Trinajstić information content (AvgIpc) is 2.58. The highest BCUT2D eigenvalue weighted by Gasteiger charge is 2.05. The van der Waals surface area contributed by atoms with Crippen molar-refractivity contribution in [3.63, 3.8) is 0 Å². The van der Waals surface area contributed by atoms with Gasteiger partial charge >= 0.3 is 0 Å². The lowest BCUT2D eigenvalue weighted by Gasteiger charge is -1.99. The normalized spacial score (nSPS) is 11.1. The maximum absolute atomic E-state index is 9.02. The Morgan fingerprint density at radius 2 is 2.07 bits per heavy atom. The van der Waals surface area contributed by atoms with Crippen LogP contribution in [0.1, 0.15) is 10.4 Å². The van der Waals surface area contributed by atoms with Crippen molar-refractivity contribution in [2.75, 3.05) is 0 Å². The first kappa shape index (κ1) is 10.6. The Morgan fingerprint density at radius 1 is 1.29 bits per heavy atom. The van der Waals surface area contributed by atoms with Gasteiger partial charge in [0.2, 0.25) is 0 Å². The Hall–Kier alpha value is 0.1000. The van der Waals surface area contributed by atoms with E-state index < -0.39 is 0 Å². The Kier molecular flexibility index (Phi) is 3.27. The van der Waals surface area contributed by atoms with E-state index in [0.717, 1.165) is 14.7 Å². The Bertz CT molecular complexity index is 464. The van der Waals surface area contributed by atoms with Gasteiger partial charge in [-0.15, -0.1) is 11.3 Å². The van der Waals surface area contributed by atoms with Gasteiger partial charge < -0.3 is 5.11 Å². The molecule has 1 nitrogen and oxygen atoms in total. The first-order valence-electron chi connectivity index (χ1n) is 4.12. The Morgan fingerprint density at radius 3 is 2.71 bits per heavy atom. The molecule has 0 saturated heterocycles. The lowest BCUT2D eigenvalue weighted by Crippen LogP contribution is -1.78. The van der Waals surface area contributed by atoms with Crippen LogP contribution < -0.4 is 0 Å². The van der Waals surface area contributed by atoms with Crippen molar-refractivity contribution in [2.45, 2.75) is 11.9 Å². The van der Waals surface area contributed by atoms with E-state index in [1.165, 1.54) is 15.6 Å². The summed E-state index contributed by atoms with van der Waals surface area (Å²) in [6.45, 7) is 0.126. The van der Waals surface area contributed by atoms with Gasteiger partial charge in [-0.2, -0.15) is 0 Å². The minimum Gasteiger partial charge on any atom is -0.391 e. The number of benzene rings is 1. The molecule has 0 bridgehead atoms. The van der Waals surface area contributed by atoms with Crippen LogP contribution in [-0.2, 0) is 11.9 Å². The van der Waals surface area contributed by atoms with Crippen LogP contribution in [0.25, 0.3) is 10.1 Å². The van der Waals surface area contributed by atoms with Crippen LogP contribution in [0.4, 0.5) is 0 Å². The number of aliphatic hydroxyl groups excluding tert-OH is 1.